The van der Waals surface area contributed by atoms with Crippen LogP contribution < -0.4 is 24.8 Å². The predicted molar refractivity (Wildman–Crippen MR) is 96.3 cm³/mol. The summed E-state index contributed by atoms with van der Waals surface area (Å²) in [6.45, 7) is 1.77. The number of rotatable bonds is 10. The Morgan fingerprint density at radius 1 is 1.12 bits per heavy atom. The van der Waals surface area contributed by atoms with E-state index in [1.54, 1.807) is 12.1 Å². The Balaban J connectivity index is 0.00000576. The Hall–Kier alpha value is -2.19. The summed E-state index contributed by atoms with van der Waals surface area (Å²) in [6.07, 6.45) is 1.16. The zero-order chi connectivity index (χ0) is 18.1. The van der Waals surface area contributed by atoms with E-state index >= 15 is 0 Å². The maximum atomic E-state index is 12.0. The van der Waals surface area contributed by atoms with E-state index in [1.807, 2.05) is 6.92 Å². The van der Waals surface area contributed by atoms with Gasteiger partial charge < -0.3 is 24.6 Å². The molecule has 25 heavy (non-hydrogen) atoms. The third-order valence-corrected chi connectivity index (χ3v) is 3.33. The average molecular weight is 377 g/mol. The molecule has 9 heteroatoms. The normalized spacial score (nSPS) is 11.0. The van der Waals surface area contributed by atoms with Crippen molar-refractivity contribution >= 4 is 30.0 Å². The first-order valence-corrected chi connectivity index (χ1v) is 7.52. The van der Waals surface area contributed by atoms with Crippen molar-refractivity contribution in [2.24, 2.45) is 0 Å². The van der Waals surface area contributed by atoms with Gasteiger partial charge in [0, 0.05) is 17.8 Å². The van der Waals surface area contributed by atoms with Crippen molar-refractivity contribution < 1.29 is 28.9 Å². The molecule has 0 aliphatic carbocycles. The molecule has 0 saturated carbocycles. The van der Waals surface area contributed by atoms with E-state index in [-0.39, 0.29) is 24.9 Å². The van der Waals surface area contributed by atoms with Crippen LogP contribution in [-0.4, -0.2) is 50.9 Å². The van der Waals surface area contributed by atoms with Crippen LogP contribution in [0, 0.1) is 0 Å². The summed E-state index contributed by atoms with van der Waals surface area (Å²) in [6, 6.07) is 2.45. The number of carboxylic acid groups (broad SMARTS) is 1. The molecule has 0 fully saturated rings. The Morgan fingerprint density at radius 3 is 2.08 bits per heavy atom. The lowest BCUT2D eigenvalue weighted by Gasteiger charge is -2.16. The quantitative estimate of drug-likeness (QED) is 0.572. The number of aliphatic carboxylic acids is 1. The highest BCUT2D eigenvalue weighted by Gasteiger charge is 2.18. The number of carboxylic acids is 1. The van der Waals surface area contributed by atoms with Gasteiger partial charge in [0.2, 0.25) is 11.7 Å². The number of carbonyl (C=O) groups excluding carboxylic acids is 1. The van der Waals surface area contributed by atoms with Crippen molar-refractivity contribution in [3.8, 4) is 17.2 Å². The van der Waals surface area contributed by atoms with Crippen molar-refractivity contribution in [1.29, 1.82) is 0 Å². The number of amides is 1. The number of methoxy groups -OCH3 is 3. The summed E-state index contributed by atoms with van der Waals surface area (Å²) in [5.41, 5.74) is 0.457. The SMILES string of the molecule is CCCC(NCC(=O)Nc1cc(OC)c(OC)c(OC)c1)C(=O)O.Cl. The van der Waals surface area contributed by atoms with Crippen LogP contribution in [0.5, 0.6) is 17.2 Å². The standard InChI is InChI=1S/C16H24N2O6.ClH/c1-5-6-11(16(20)21)17-9-14(19)18-10-7-12(22-2)15(24-4)13(8-10)23-3;/h7-8,11,17H,5-6,9H2,1-4H3,(H,18,19)(H,20,21);1H. The van der Waals surface area contributed by atoms with E-state index < -0.39 is 12.0 Å². The van der Waals surface area contributed by atoms with Crippen LogP contribution in [0.1, 0.15) is 19.8 Å². The molecule has 0 radical (unpaired) electrons. The second kappa shape index (κ2) is 11.4. The molecule has 1 rings (SSSR count). The molecule has 0 aromatic heterocycles. The monoisotopic (exact) mass is 376 g/mol. The lowest BCUT2D eigenvalue weighted by atomic mass is 10.1. The largest absolute Gasteiger partial charge is 0.493 e. The highest BCUT2D eigenvalue weighted by molar-refractivity contribution is 5.93. The molecule has 0 aliphatic rings. The number of halogens is 1. The Morgan fingerprint density at radius 2 is 1.68 bits per heavy atom. The third-order valence-electron chi connectivity index (χ3n) is 3.33. The molecule has 0 aliphatic heterocycles. The fraction of sp³-hybridized carbons (Fsp3) is 0.500. The second-order valence-electron chi connectivity index (χ2n) is 5.02. The molecular weight excluding hydrogens is 352 g/mol. The van der Waals surface area contributed by atoms with Crippen LogP contribution in [0.3, 0.4) is 0 Å². The van der Waals surface area contributed by atoms with Crippen molar-refractivity contribution in [1.82, 2.24) is 5.32 Å². The van der Waals surface area contributed by atoms with Gasteiger partial charge in [-0.2, -0.15) is 0 Å². The van der Waals surface area contributed by atoms with Crippen molar-refractivity contribution in [3.63, 3.8) is 0 Å². The van der Waals surface area contributed by atoms with Gasteiger partial charge in [-0.25, -0.2) is 0 Å². The molecule has 3 N–H and O–H groups in total. The van der Waals surface area contributed by atoms with Crippen LogP contribution in [0.2, 0.25) is 0 Å². The number of hydrogen-bond donors (Lipinski definition) is 3. The highest BCUT2D eigenvalue weighted by atomic mass is 35.5. The molecule has 0 bridgehead atoms. The minimum atomic E-state index is -0.975. The maximum absolute atomic E-state index is 12.0. The number of carbonyl (C=O) groups is 2. The summed E-state index contributed by atoms with van der Waals surface area (Å²) in [5, 5.41) is 14.5. The fourth-order valence-corrected chi connectivity index (χ4v) is 2.18. The molecular formula is C16H25ClN2O6. The van der Waals surface area contributed by atoms with Gasteiger partial charge in [0.25, 0.3) is 0 Å². The van der Waals surface area contributed by atoms with E-state index in [0.29, 0.717) is 35.8 Å². The number of nitrogens with one attached hydrogen (secondary N) is 2. The minimum absolute atomic E-state index is 0. The molecule has 1 aromatic rings. The second-order valence-corrected chi connectivity index (χ2v) is 5.02. The van der Waals surface area contributed by atoms with Gasteiger partial charge in [0.1, 0.15) is 6.04 Å². The zero-order valence-electron chi connectivity index (χ0n) is 14.8. The van der Waals surface area contributed by atoms with Gasteiger partial charge in [-0.1, -0.05) is 13.3 Å². The van der Waals surface area contributed by atoms with Crippen molar-refractivity contribution in [2.45, 2.75) is 25.8 Å². The summed E-state index contributed by atoms with van der Waals surface area (Å²) < 4.78 is 15.6. The summed E-state index contributed by atoms with van der Waals surface area (Å²) in [7, 11) is 4.45. The topological polar surface area (TPSA) is 106 Å². The summed E-state index contributed by atoms with van der Waals surface area (Å²) in [5.74, 6) is -0.0990. The molecule has 1 unspecified atom stereocenters. The Kier molecular flexibility index (Phi) is 10.4. The van der Waals surface area contributed by atoms with E-state index in [2.05, 4.69) is 10.6 Å². The summed E-state index contributed by atoms with van der Waals surface area (Å²) >= 11 is 0. The van der Waals surface area contributed by atoms with Gasteiger partial charge in [-0.15, -0.1) is 12.4 Å². The number of benzene rings is 1. The smallest absolute Gasteiger partial charge is 0.320 e. The van der Waals surface area contributed by atoms with Crippen molar-refractivity contribution in [2.75, 3.05) is 33.2 Å². The fourth-order valence-electron chi connectivity index (χ4n) is 2.18. The van der Waals surface area contributed by atoms with E-state index in [1.165, 1.54) is 21.3 Å². The molecule has 0 spiro atoms. The number of ether oxygens (including phenoxy) is 3. The van der Waals surface area contributed by atoms with Gasteiger partial charge in [-0.3, -0.25) is 14.9 Å². The van der Waals surface area contributed by atoms with Crippen LogP contribution in [0.25, 0.3) is 0 Å². The van der Waals surface area contributed by atoms with Crippen molar-refractivity contribution in [3.05, 3.63) is 12.1 Å². The predicted octanol–water partition coefficient (Wildman–Crippen LogP) is 1.92. The highest BCUT2D eigenvalue weighted by Crippen LogP contribution is 2.39. The Labute approximate surface area is 153 Å². The molecule has 142 valence electrons. The van der Waals surface area contributed by atoms with Crippen LogP contribution in [0.4, 0.5) is 5.69 Å². The van der Waals surface area contributed by atoms with E-state index in [0.717, 1.165) is 0 Å². The Bertz CT molecular complexity index is 557. The minimum Gasteiger partial charge on any atom is -0.493 e. The van der Waals surface area contributed by atoms with Gasteiger partial charge in [0.15, 0.2) is 11.5 Å². The maximum Gasteiger partial charge on any atom is 0.320 e. The van der Waals surface area contributed by atoms with Crippen LogP contribution in [0.15, 0.2) is 12.1 Å². The number of anilines is 1. The third kappa shape index (κ3) is 6.67. The van der Waals surface area contributed by atoms with E-state index in [4.69, 9.17) is 19.3 Å². The van der Waals surface area contributed by atoms with Gasteiger partial charge in [0.05, 0.1) is 27.9 Å². The van der Waals surface area contributed by atoms with Crippen LogP contribution in [-0.2, 0) is 9.59 Å². The molecule has 8 nitrogen and oxygen atoms in total. The van der Waals surface area contributed by atoms with Crippen LogP contribution >= 0.6 is 12.4 Å². The zero-order valence-corrected chi connectivity index (χ0v) is 15.6. The van der Waals surface area contributed by atoms with E-state index in [9.17, 15) is 9.59 Å². The average Bonchev–Trinajstić information content (AvgIpc) is 2.57. The number of hydrogen-bond acceptors (Lipinski definition) is 6. The summed E-state index contributed by atoms with van der Waals surface area (Å²) in [4.78, 5) is 23.1. The first kappa shape index (κ1) is 22.8. The lowest BCUT2D eigenvalue weighted by Crippen LogP contribution is -2.41. The molecule has 1 amide bonds. The first-order chi connectivity index (χ1) is 11.5. The molecule has 1 atom stereocenters. The van der Waals surface area contributed by atoms with Gasteiger partial charge in [-0.05, 0) is 6.42 Å². The molecule has 1 aromatic carbocycles. The van der Waals surface area contributed by atoms with Gasteiger partial charge >= 0.3 is 5.97 Å². The first-order valence-electron chi connectivity index (χ1n) is 7.52. The lowest BCUT2D eigenvalue weighted by molar-refractivity contribution is -0.139. The molecule has 0 heterocycles. The molecule has 0 saturated heterocycles.